The molecule has 6 heteroatoms. The van der Waals surface area contributed by atoms with Gasteiger partial charge in [-0.25, -0.2) is 4.98 Å². The van der Waals surface area contributed by atoms with Crippen LogP contribution in [0, 0.1) is 6.92 Å². The van der Waals surface area contributed by atoms with E-state index in [0.717, 1.165) is 24.4 Å². The van der Waals surface area contributed by atoms with E-state index >= 15 is 0 Å². The van der Waals surface area contributed by atoms with Crippen molar-refractivity contribution in [2.45, 2.75) is 39.0 Å². The molecule has 29 heavy (non-hydrogen) atoms. The van der Waals surface area contributed by atoms with E-state index in [2.05, 4.69) is 14.9 Å². The number of fused-ring (bicyclic) bond motifs is 1. The van der Waals surface area contributed by atoms with Crippen LogP contribution in [0.25, 0.3) is 16.6 Å². The van der Waals surface area contributed by atoms with Gasteiger partial charge in [-0.3, -0.25) is 14.3 Å². The van der Waals surface area contributed by atoms with Gasteiger partial charge < -0.3 is 9.64 Å². The number of nitrogens with zero attached hydrogens (tertiary/aromatic N) is 4. The van der Waals surface area contributed by atoms with Crippen LogP contribution in [0.5, 0.6) is 5.75 Å². The third-order valence-electron chi connectivity index (χ3n) is 5.52. The van der Waals surface area contributed by atoms with Gasteiger partial charge in [0.1, 0.15) is 11.6 Å². The topological polar surface area (TPSA) is 60.3 Å². The summed E-state index contributed by atoms with van der Waals surface area (Å²) in [5, 5.41) is 0.569. The largest absolute Gasteiger partial charge is 0.494 e. The molecule has 1 aliphatic rings. The molecule has 0 N–H and O–H groups in total. The average Bonchev–Trinajstić information content (AvgIpc) is 3.01. The van der Waals surface area contributed by atoms with Gasteiger partial charge in [-0.2, -0.15) is 0 Å². The molecule has 1 fully saturated rings. The molecule has 1 saturated heterocycles. The Kier molecular flexibility index (Phi) is 6.20. The number of likely N-dealkylation sites (tertiary alicyclic amines) is 1. The van der Waals surface area contributed by atoms with Crippen LogP contribution in [0.1, 0.15) is 37.9 Å². The Bertz CT molecular complexity index is 1010. The van der Waals surface area contributed by atoms with E-state index in [1.165, 1.54) is 38.8 Å². The van der Waals surface area contributed by atoms with Gasteiger partial charge >= 0.3 is 0 Å². The van der Waals surface area contributed by atoms with E-state index in [9.17, 15) is 4.79 Å². The van der Waals surface area contributed by atoms with E-state index in [0.29, 0.717) is 23.3 Å². The van der Waals surface area contributed by atoms with E-state index in [4.69, 9.17) is 4.74 Å². The Morgan fingerprint density at radius 2 is 1.79 bits per heavy atom. The number of hydrogen-bond donors (Lipinski definition) is 0. The van der Waals surface area contributed by atoms with Crippen LogP contribution >= 0.6 is 0 Å². The fourth-order valence-corrected chi connectivity index (χ4v) is 3.98. The van der Waals surface area contributed by atoms with Crippen LogP contribution in [0.2, 0.25) is 0 Å². The highest BCUT2D eigenvalue weighted by atomic mass is 16.5. The zero-order valence-corrected chi connectivity index (χ0v) is 17.0. The molecule has 0 unspecified atom stereocenters. The zero-order chi connectivity index (χ0) is 20.1. The van der Waals surface area contributed by atoms with Crippen LogP contribution in [0.3, 0.4) is 0 Å². The summed E-state index contributed by atoms with van der Waals surface area (Å²) in [5.74, 6) is 1.47. The number of pyridine rings is 1. The number of aryl methyl sites for hydroxylation is 1. The third kappa shape index (κ3) is 4.65. The van der Waals surface area contributed by atoms with Crippen molar-refractivity contribution in [2.24, 2.45) is 0 Å². The number of rotatable bonds is 6. The maximum absolute atomic E-state index is 12.9. The number of hydrogen-bond acceptors (Lipinski definition) is 5. The van der Waals surface area contributed by atoms with Crippen LogP contribution < -0.4 is 10.3 Å². The van der Waals surface area contributed by atoms with Crippen LogP contribution in [0.4, 0.5) is 0 Å². The van der Waals surface area contributed by atoms with Gasteiger partial charge in [0, 0.05) is 12.7 Å². The summed E-state index contributed by atoms with van der Waals surface area (Å²) in [7, 11) is 0. The van der Waals surface area contributed by atoms with E-state index in [-0.39, 0.29) is 5.56 Å². The van der Waals surface area contributed by atoms with Crippen molar-refractivity contribution in [3.63, 3.8) is 0 Å². The number of ether oxygens (including phenoxy) is 1. The molecule has 152 valence electrons. The lowest BCUT2D eigenvalue weighted by molar-refractivity contribution is 0.240. The molecule has 2 aromatic heterocycles. The Labute approximate surface area is 171 Å². The van der Waals surface area contributed by atoms with Crippen LogP contribution in [0.15, 0.2) is 47.5 Å². The molecule has 3 heterocycles. The first-order valence-electron chi connectivity index (χ1n) is 10.5. The van der Waals surface area contributed by atoms with Gasteiger partial charge in [0.2, 0.25) is 0 Å². The minimum Gasteiger partial charge on any atom is -0.494 e. The molecular weight excluding hydrogens is 364 g/mol. The first-order valence-corrected chi connectivity index (χ1v) is 10.5. The molecule has 0 radical (unpaired) electrons. The Morgan fingerprint density at radius 1 is 1.03 bits per heavy atom. The van der Waals surface area contributed by atoms with Crippen molar-refractivity contribution in [1.82, 2.24) is 19.4 Å². The highest BCUT2D eigenvalue weighted by Gasteiger charge is 2.11. The highest BCUT2D eigenvalue weighted by Crippen LogP contribution is 2.17. The third-order valence-corrected chi connectivity index (χ3v) is 5.52. The first kappa shape index (κ1) is 19.6. The maximum Gasteiger partial charge on any atom is 0.266 e. The molecule has 4 rings (SSSR count). The van der Waals surface area contributed by atoms with Crippen molar-refractivity contribution >= 4 is 10.9 Å². The van der Waals surface area contributed by atoms with Crippen molar-refractivity contribution in [1.29, 1.82) is 0 Å². The molecule has 1 aromatic carbocycles. The molecule has 0 amide bonds. The predicted octanol–water partition coefficient (Wildman–Crippen LogP) is 3.73. The van der Waals surface area contributed by atoms with Gasteiger partial charge in [0.25, 0.3) is 5.56 Å². The van der Waals surface area contributed by atoms with Crippen molar-refractivity contribution < 1.29 is 4.74 Å². The summed E-state index contributed by atoms with van der Waals surface area (Å²) < 4.78 is 7.54. The Morgan fingerprint density at radius 3 is 2.55 bits per heavy atom. The molecule has 6 nitrogen and oxygen atoms in total. The predicted molar refractivity (Wildman–Crippen MR) is 115 cm³/mol. The monoisotopic (exact) mass is 392 g/mol. The SMILES string of the molecule is Cc1nc2cnccc2c(=O)n1-c1ccc(OCCCN2CCCCCC2)cc1. The minimum absolute atomic E-state index is 0.0824. The van der Waals surface area contributed by atoms with Gasteiger partial charge in [0.05, 0.1) is 29.4 Å². The van der Waals surface area contributed by atoms with E-state index < -0.39 is 0 Å². The molecule has 0 bridgehead atoms. The summed E-state index contributed by atoms with van der Waals surface area (Å²) in [6.07, 6.45) is 9.65. The molecule has 0 spiro atoms. The molecular formula is C23H28N4O2. The number of aromatic nitrogens is 3. The summed E-state index contributed by atoms with van der Waals surface area (Å²) in [6.45, 7) is 6.09. The fraction of sp³-hybridized carbons (Fsp3) is 0.435. The average molecular weight is 393 g/mol. The molecule has 3 aromatic rings. The van der Waals surface area contributed by atoms with Gasteiger partial charge in [-0.05, 0) is 69.6 Å². The number of benzene rings is 1. The Hall–Kier alpha value is -2.73. The van der Waals surface area contributed by atoms with E-state index in [1.54, 1.807) is 23.0 Å². The second-order valence-electron chi connectivity index (χ2n) is 7.64. The molecule has 0 saturated carbocycles. The summed E-state index contributed by atoms with van der Waals surface area (Å²) in [5.41, 5.74) is 1.33. The van der Waals surface area contributed by atoms with Crippen molar-refractivity contribution in [3.05, 3.63) is 58.9 Å². The summed E-state index contributed by atoms with van der Waals surface area (Å²) in [6, 6.07) is 9.37. The minimum atomic E-state index is -0.0824. The summed E-state index contributed by atoms with van der Waals surface area (Å²) in [4.78, 5) is 24.0. The van der Waals surface area contributed by atoms with Crippen molar-refractivity contribution in [3.8, 4) is 11.4 Å². The smallest absolute Gasteiger partial charge is 0.266 e. The summed E-state index contributed by atoms with van der Waals surface area (Å²) >= 11 is 0. The van der Waals surface area contributed by atoms with Gasteiger partial charge in [0.15, 0.2) is 0 Å². The maximum atomic E-state index is 12.9. The fourth-order valence-electron chi connectivity index (χ4n) is 3.98. The second kappa shape index (κ2) is 9.18. The molecule has 0 aliphatic carbocycles. The normalized spacial score (nSPS) is 15.3. The standard InChI is InChI=1S/C23H28N4O2/c1-18-25-22-17-24-12-11-21(22)23(28)27(18)19-7-9-20(10-8-19)29-16-6-15-26-13-4-2-3-5-14-26/h7-12,17H,2-6,13-16H2,1H3. The van der Waals surface area contributed by atoms with Gasteiger partial charge in [-0.15, -0.1) is 0 Å². The van der Waals surface area contributed by atoms with Gasteiger partial charge in [-0.1, -0.05) is 12.8 Å². The van der Waals surface area contributed by atoms with Crippen LogP contribution in [-0.2, 0) is 0 Å². The first-order chi connectivity index (χ1) is 14.2. The highest BCUT2D eigenvalue weighted by molar-refractivity contribution is 5.76. The van der Waals surface area contributed by atoms with Crippen LogP contribution in [-0.4, -0.2) is 45.7 Å². The lowest BCUT2D eigenvalue weighted by Gasteiger charge is -2.19. The zero-order valence-electron chi connectivity index (χ0n) is 17.0. The molecule has 0 atom stereocenters. The van der Waals surface area contributed by atoms with E-state index in [1.807, 2.05) is 31.2 Å². The van der Waals surface area contributed by atoms with Crippen molar-refractivity contribution in [2.75, 3.05) is 26.2 Å². The second-order valence-corrected chi connectivity index (χ2v) is 7.64. The Balaban J connectivity index is 1.39. The molecule has 1 aliphatic heterocycles. The lowest BCUT2D eigenvalue weighted by atomic mass is 10.2. The lowest BCUT2D eigenvalue weighted by Crippen LogP contribution is -2.26. The quantitative estimate of drug-likeness (QED) is 0.598.